The highest BCUT2D eigenvalue weighted by atomic mass is 32.2. The molecule has 1 aromatic carbocycles. The Morgan fingerprint density at radius 2 is 2.07 bits per heavy atom. The number of carbonyl (C=O) groups excluding carboxylic acids is 1. The number of thiophene rings is 1. The summed E-state index contributed by atoms with van der Waals surface area (Å²) < 4.78 is 1.71. The molecule has 0 aliphatic heterocycles. The summed E-state index contributed by atoms with van der Waals surface area (Å²) in [5.41, 5.74) is 1.87. The molecule has 1 unspecified atom stereocenters. The van der Waals surface area contributed by atoms with Gasteiger partial charge in [0.05, 0.1) is 17.5 Å². The summed E-state index contributed by atoms with van der Waals surface area (Å²) in [7, 11) is 0. The van der Waals surface area contributed by atoms with E-state index >= 15 is 0 Å². The van der Waals surface area contributed by atoms with Gasteiger partial charge in [-0.2, -0.15) is 0 Å². The molecule has 4 aromatic rings. The number of hydrogen-bond acceptors (Lipinski definition) is 8. The Morgan fingerprint density at radius 3 is 2.86 bits per heavy atom. The van der Waals surface area contributed by atoms with Gasteiger partial charge in [-0.25, -0.2) is 9.67 Å². The van der Waals surface area contributed by atoms with Crippen LogP contribution < -0.4 is 5.32 Å². The molecule has 0 fully saturated rings. The summed E-state index contributed by atoms with van der Waals surface area (Å²) in [5.74, 6) is -0.135. The molecule has 0 bridgehead atoms. The van der Waals surface area contributed by atoms with Crippen LogP contribution in [-0.4, -0.2) is 36.3 Å². The second-order valence-electron chi connectivity index (χ2n) is 5.85. The maximum atomic E-state index is 12.6. The molecular formula is C18H16N6OS3. The van der Waals surface area contributed by atoms with Gasteiger partial charge in [-0.1, -0.05) is 48.2 Å². The Kier molecular flexibility index (Phi) is 5.79. The van der Waals surface area contributed by atoms with E-state index in [9.17, 15) is 4.79 Å². The van der Waals surface area contributed by atoms with Gasteiger partial charge < -0.3 is 5.32 Å². The zero-order valence-corrected chi connectivity index (χ0v) is 17.3. The number of rotatable bonds is 7. The lowest BCUT2D eigenvalue weighted by Gasteiger charge is -2.10. The number of nitrogens with one attached hydrogen (secondary N) is 1. The zero-order valence-electron chi connectivity index (χ0n) is 14.8. The molecule has 142 valence electrons. The molecule has 0 saturated heterocycles. The van der Waals surface area contributed by atoms with E-state index in [1.165, 1.54) is 23.1 Å². The van der Waals surface area contributed by atoms with Crippen molar-refractivity contribution in [1.82, 2.24) is 25.2 Å². The van der Waals surface area contributed by atoms with E-state index in [1.807, 2.05) is 60.1 Å². The topological polar surface area (TPSA) is 85.6 Å². The minimum atomic E-state index is -0.364. The Hall–Kier alpha value is -2.56. The van der Waals surface area contributed by atoms with Crippen LogP contribution in [0.15, 0.2) is 58.4 Å². The van der Waals surface area contributed by atoms with Crippen LogP contribution in [0.3, 0.4) is 0 Å². The fourth-order valence-corrected chi connectivity index (χ4v) is 4.62. The summed E-state index contributed by atoms with van der Waals surface area (Å²) in [4.78, 5) is 18.2. The summed E-state index contributed by atoms with van der Waals surface area (Å²) in [5, 5.41) is 19.5. The van der Waals surface area contributed by atoms with Crippen molar-refractivity contribution in [3.05, 3.63) is 58.1 Å². The summed E-state index contributed by atoms with van der Waals surface area (Å²) in [6, 6.07) is 13.9. The Balaban J connectivity index is 1.38. The van der Waals surface area contributed by atoms with Gasteiger partial charge in [-0.15, -0.1) is 27.8 Å². The van der Waals surface area contributed by atoms with E-state index in [0.29, 0.717) is 16.8 Å². The average molecular weight is 429 g/mol. The van der Waals surface area contributed by atoms with Gasteiger partial charge >= 0.3 is 0 Å². The van der Waals surface area contributed by atoms with Crippen LogP contribution >= 0.6 is 34.4 Å². The van der Waals surface area contributed by atoms with Gasteiger partial charge in [-0.05, 0) is 28.8 Å². The lowest BCUT2D eigenvalue weighted by atomic mass is 10.2. The number of benzene rings is 1. The highest BCUT2D eigenvalue weighted by Crippen LogP contribution is 2.26. The number of carbonyl (C=O) groups is 1. The molecule has 0 aliphatic rings. The predicted molar refractivity (Wildman–Crippen MR) is 113 cm³/mol. The molecule has 1 amide bonds. The standard InChI is InChI=1S/C18H16N6OS3/c1-12(28-18-21-22-23-24(18)10-14-8-5-9-26-14)16(25)20-17-19-15(11-27-17)13-6-3-2-4-7-13/h2-9,11-12H,10H2,1H3,(H,19,20,25). The van der Waals surface area contributed by atoms with E-state index in [-0.39, 0.29) is 11.2 Å². The lowest BCUT2D eigenvalue weighted by molar-refractivity contribution is -0.115. The first kappa shape index (κ1) is 18.8. The van der Waals surface area contributed by atoms with Gasteiger partial charge in [0.15, 0.2) is 5.13 Å². The quantitative estimate of drug-likeness (QED) is 0.447. The SMILES string of the molecule is CC(Sc1nnnn1Cc1cccs1)C(=O)Nc1nc(-c2ccccc2)cs1. The Bertz CT molecular complexity index is 1040. The normalized spacial score (nSPS) is 12.0. The first-order valence-corrected chi connectivity index (χ1v) is 11.1. The van der Waals surface area contributed by atoms with Gasteiger partial charge in [0.25, 0.3) is 0 Å². The van der Waals surface area contributed by atoms with E-state index in [1.54, 1.807) is 16.0 Å². The van der Waals surface area contributed by atoms with Crippen LogP contribution in [0.25, 0.3) is 11.3 Å². The number of thiazole rings is 1. The Labute approximate surface area is 173 Å². The molecular weight excluding hydrogens is 412 g/mol. The molecule has 0 saturated carbocycles. The van der Waals surface area contributed by atoms with Gasteiger partial charge in [0, 0.05) is 15.8 Å². The van der Waals surface area contributed by atoms with Crippen LogP contribution in [0.1, 0.15) is 11.8 Å². The smallest absolute Gasteiger partial charge is 0.239 e. The number of thioether (sulfide) groups is 1. The Morgan fingerprint density at radius 1 is 1.21 bits per heavy atom. The first-order chi connectivity index (χ1) is 13.7. The molecule has 3 aromatic heterocycles. The highest BCUT2D eigenvalue weighted by Gasteiger charge is 2.20. The van der Waals surface area contributed by atoms with Crippen molar-refractivity contribution in [2.45, 2.75) is 23.9 Å². The first-order valence-electron chi connectivity index (χ1n) is 8.46. The van der Waals surface area contributed by atoms with Gasteiger partial charge in [0.1, 0.15) is 0 Å². The number of aromatic nitrogens is 5. The minimum absolute atomic E-state index is 0.135. The molecule has 3 heterocycles. The third-order valence-electron chi connectivity index (χ3n) is 3.84. The number of hydrogen-bond donors (Lipinski definition) is 1. The van der Waals surface area contributed by atoms with Crippen LogP contribution in [0.2, 0.25) is 0 Å². The minimum Gasteiger partial charge on any atom is -0.301 e. The summed E-state index contributed by atoms with van der Waals surface area (Å²) in [6.45, 7) is 2.42. The van der Waals surface area contributed by atoms with Crippen molar-refractivity contribution in [3.8, 4) is 11.3 Å². The molecule has 0 aliphatic carbocycles. The fraction of sp³-hybridized carbons (Fsp3) is 0.167. The molecule has 10 heteroatoms. The summed E-state index contributed by atoms with van der Waals surface area (Å²) >= 11 is 4.38. The summed E-state index contributed by atoms with van der Waals surface area (Å²) in [6.07, 6.45) is 0. The van der Waals surface area contributed by atoms with E-state index in [2.05, 4.69) is 25.8 Å². The van der Waals surface area contributed by atoms with Crippen molar-refractivity contribution in [1.29, 1.82) is 0 Å². The lowest BCUT2D eigenvalue weighted by Crippen LogP contribution is -2.23. The molecule has 7 nitrogen and oxygen atoms in total. The monoisotopic (exact) mass is 428 g/mol. The number of amides is 1. The van der Waals surface area contributed by atoms with Gasteiger partial charge in [-0.3, -0.25) is 4.79 Å². The van der Waals surface area contributed by atoms with Crippen molar-refractivity contribution < 1.29 is 4.79 Å². The molecule has 0 spiro atoms. The van der Waals surface area contributed by atoms with E-state index in [4.69, 9.17) is 0 Å². The third-order valence-corrected chi connectivity index (χ3v) is 6.53. The largest absolute Gasteiger partial charge is 0.301 e. The maximum Gasteiger partial charge on any atom is 0.239 e. The fourth-order valence-electron chi connectivity index (χ4n) is 2.42. The van der Waals surface area contributed by atoms with Crippen molar-refractivity contribution in [2.75, 3.05) is 5.32 Å². The van der Waals surface area contributed by atoms with Crippen LogP contribution in [0.5, 0.6) is 0 Å². The van der Waals surface area contributed by atoms with Crippen LogP contribution in [0.4, 0.5) is 5.13 Å². The second-order valence-corrected chi connectivity index (χ2v) is 9.05. The van der Waals surface area contributed by atoms with Crippen molar-refractivity contribution in [3.63, 3.8) is 0 Å². The van der Waals surface area contributed by atoms with E-state index in [0.717, 1.165) is 16.1 Å². The highest BCUT2D eigenvalue weighted by molar-refractivity contribution is 8.00. The molecule has 1 N–H and O–H groups in total. The van der Waals surface area contributed by atoms with E-state index < -0.39 is 0 Å². The van der Waals surface area contributed by atoms with Crippen LogP contribution in [-0.2, 0) is 11.3 Å². The average Bonchev–Trinajstić information content (AvgIpc) is 3.46. The molecule has 4 rings (SSSR count). The van der Waals surface area contributed by atoms with Crippen LogP contribution in [0, 0.1) is 0 Å². The molecule has 0 radical (unpaired) electrons. The zero-order chi connectivity index (χ0) is 19.3. The number of anilines is 1. The van der Waals surface area contributed by atoms with Crippen molar-refractivity contribution in [2.24, 2.45) is 0 Å². The number of nitrogens with zero attached hydrogens (tertiary/aromatic N) is 5. The maximum absolute atomic E-state index is 12.6. The molecule has 28 heavy (non-hydrogen) atoms. The van der Waals surface area contributed by atoms with Crippen molar-refractivity contribution >= 4 is 45.5 Å². The number of tetrazole rings is 1. The third kappa shape index (κ3) is 4.46. The van der Waals surface area contributed by atoms with Gasteiger partial charge in [0.2, 0.25) is 11.1 Å². The molecule has 1 atom stereocenters. The second kappa shape index (κ2) is 8.63. The predicted octanol–water partition coefficient (Wildman–Crippen LogP) is 4.03.